The van der Waals surface area contributed by atoms with Crippen LogP contribution in [0.4, 0.5) is 5.69 Å². The minimum absolute atomic E-state index is 0.00110. The Hall–Kier alpha value is -2.70. The maximum Gasteiger partial charge on any atom is 0.253 e. The van der Waals surface area contributed by atoms with Gasteiger partial charge in [-0.15, -0.1) is 0 Å². The van der Waals surface area contributed by atoms with Gasteiger partial charge < -0.3 is 19.9 Å². The fourth-order valence-corrected chi connectivity index (χ4v) is 2.90. The molecule has 0 spiro atoms. The third-order valence-electron chi connectivity index (χ3n) is 4.50. The molecule has 0 fully saturated rings. The number of nitrogens with one attached hydrogen (secondary N) is 1. The summed E-state index contributed by atoms with van der Waals surface area (Å²) >= 11 is 0. The van der Waals surface area contributed by atoms with Crippen LogP contribution < -0.4 is 10.2 Å². The second-order valence-electron chi connectivity index (χ2n) is 7.40. The summed E-state index contributed by atoms with van der Waals surface area (Å²) in [7, 11) is 5.45. The molecule has 6 nitrogen and oxygen atoms in total. The van der Waals surface area contributed by atoms with Gasteiger partial charge in [-0.05, 0) is 44.3 Å². The maximum atomic E-state index is 12.7. The molecule has 0 atom stereocenters. The Morgan fingerprint density at radius 3 is 2.41 bits per heavy atom. The topological polar surface area (TPSA) is 61.9 Å². The van der Waals surface area contributed by atoms with Crippen LogP contribution >= 0.6 is 0 Å². The highest BCUT2D eigenvalue weighted by molar-refractivity contribution is 5.94. The quantitative estimate of drug-likeness (QED) is 0.669. The number of benzene rings is 2. The molecular formula is C23H31N3O3. The van der Waals surface area contributed by atoms with Crippen LogP contribution in [0.15, 0.2) is 48.5 Å². The number of likely N-dealkylation sites (N-methyl/N-ethyl adjacent to an activating group) is 1. The lowest BCUT2D eigenvalue weighted by atomic mass is 10.1. The second kappa shape index (κ2) is 11.3. The first kappa shape index (κ1) is 22.6. The summed E-state index contributed by atoms with van der Waals surface area (Å²) in [6.07, 6.45) is 0.276. The van der Waals surface area contributed by atoms with Crippen molar-refractivity contribution in [3.8, 4) is 0 Å². The number of carbonyl (C=O) groups is 2. The Labute approximate surface area is 173 Å². The molecule has 0 radical (unpaired) electrons. The van der Waals surface area contributed by atoms with Crippen LogP contribution in [0.2, 0.25) is 0 Å². The zero-order valence-corrected chi connectivity index (χ0v) is 17.8. The highest BCUT2D eigenvalue weighted by Crippen LogP contribution is 2.20. The number of amides is 2. The van der Waals surface area contributed by atoms with E-state index >= 15 is 0 Å². The van der Waals surface area contributed by atoms with E-state index in [9.17, 15) is 9.59 Å². The van der Waals surface area contributed by atoms with Crippen LogP contribution in [0, 0.1) is 6.92 Å². The molecule has 0 heterocycles. The van der Waals surface area contributed by atoms with Crippen molar-refractivity contribution in [2.24, 2.45) is 0 Å². The fraction of sp³-hybridized carbons (Fsp3) is 0.391. The Bertz CT molecular complexity index is 803. The third kappa shape index (κ3) is 7.68. The monoisotopic (exact) mass is 397 g/mol. The van der Waals surface area contributed by atoms with Crippen LogP contribution in [-0.4, -0.2) is 57.6 Å². The molecule has 2 rings (SSSR count). The van der Waals surface area contributed by atoms with Crippen molar-refractivity contribution < 1.29 is 14.3 Å². The van der Waals surface area contributed by atoms with Gasteiger partial charge in [0.05, 0.1) is 13.0 Å². The number of hydrogen-bond donors (Lipinski definition) is 1. The number of rotatable bonds is 10. The van der Waals surface area contributed by atoms with Crippen LogP contribution in [-0.2, 0) is 27.3 Å². The summed E-state index contributed by atoms with van der Waals surface area (Å²) in [6.45, 7) is 3.88. The van der Waals surface area contributed by atoms with E-state index in [1.165, 1.54) is 12.7 Å². The molecule has 0 saturated heterocycles. The Morgan fingerprint density at radius 2 is 1.76 bits per heavy atom. The second-order valence-corrected chi connectivity index (χ2v) is 7.40. The van der Waals surface area contributed by atoms with Crippen LogP contribution in [0.1, 0.15) is 16.7 Å². The van der Waals surface area contributed by atoms with E-state index in [1.54, 1.807) is 4.90 Å². The minimum Gasteiger partial charge on any atom is -0.375 e. The van der Waals surface area contributed by atoms with E-state index in [0.29, 0.717) is 13.1 Å². The lowest BCUT2D eigenvalue weighted by molar-refractivity contribution is -0.122. The molecule has 0 saturated carbocycles. The molecule has 0 unspecified atom stereocenters. The molecule has 156 valence electrons. The van der Waals surface area contributed by atoms with E-state index in [0.717, 1.165) is 23.4 Å². The number of methoxy groups -OCH3 is 1. The first-order chi connectivity index (χ1) is 13.9. The zero-order chi connectivity index (χ0) is 21.2. The first-order valence-corrected chi connectivity index (χ1v) is 9.74. The van der Waals surface area contributed by atoms with Gasteiger partial charge in [0.2, 0.25) is 5.91 Å². The molecular weight excluding hydrogens is 366 g/mol. The maximum absolute atomic E-state index is 12.7. The molecule has 6 heteroatoms. The van der Waals surface area contributed by atoms with Crippen molar-refractivity contribution in [1.29, 1.82) is 0 Å². The molecule has 0 bridgehead atoms. The van der Waals surface area contributed by atoms with Crippen molar-refractivity contribution in [3.63, 3.8) is 0 Å². The fourth-order valence-electron chi connectivity index (χ4n) is 2.90. The molecule has 2 aromatic carbocycles. The number of hydrogen-bond acceptors (Lipinski definition) is 4. The number of nitrogens with zero attached hydrogens (tertiary/aromatic N) is 2. The Kier molecular flexibility index (Phi) is 8.83. The SMILES string of the molecule is COCC(=O)N(Cc1ccc(C)cc1)c1cccc(CC(=O)NCCN(C)C)c1. The normalized spacial score (nSPS) is 10.8. The van der Waals surface area contributed by atoms with E-state index < -0.39 is 0 Å². The summed E-state index contributed by atoms with van der Waals surface area (Å²) < 4.78 is 5.06. The summed E-state index contributed by atoms with van der Waals surface area (Å²) in [4.78, 5) is 28.6. The summed E-state index contributed by atoms with van der Waals surface area (Å²) in [5, 5.41) is 2.92. The van der Waals surface area contributed by atoms with Crippen molar-refractivity contribution in [2.45, 2.75) is 19.9 Å². The smallest absolute Gasteiger partial charge is 0.253 e. The standard InChI is InChI=1S/C23H31N3O3/c1-18-8-10-19(11-9-18)16-26(23(28)17-29-4)21-7-5-6-20(14-21)15-22(27)24-12-13-25(2)3/h5-11,14H,12-13,15-17H2,1-4H3,(H,24,27). The highest BCUT2D eigenvalue weighted by Gasteiger charge is 2.17. The average Bonchev–Trinajstić information content (AvgIpc) is 2.67. The van der Waals surface area contributed by atoms with E-state index in [1.807, 2.05) is 74.4 Å². The van der Waals surface area contributed by atoms with Crippen molar-refractivity contribution >= 4 is 17.5 Å². The third-order valence-corrected chi connectivity index (χ3v) is 4.50. The van der Waals surface area contributed by atoms with E-state index in [4.69, 9.17) is 4.74 Å². The van der Waals surface area contributed by atoms with Gasteiger partial charge in [0, 0.05) is 25.9 Å². The van der Waals surface area contributed by atoms with Gasteiger partial charge in [-0.3, -0.25) is 9.59 Å². The van der Waals surface area contributed by atoms with Gasteiger partial charge in [-0.2, -0.15) is 0 Å². The largest absolute Gasteiger partial charge is 0.375 e. The van der Waals surface area contributed by atoms with Gasteiger partial charge in [0.1, 0.15) is 6.61 Å². The van der Waals surface area contributed by atoms with Crippen molar-refractivity contribution in [1.82, 2.24) is 10.2 Å². The predicted molar refractivity (Wildman–Crippen MR) is 116 cm³/mol. The highest BCUT2D eigenvalue weighted by atomic mass is 16.5. The molecule has 2 aromatic rings. The van der Waals surface area contributed by atoms with E-state index in [2.05, 4.69) is 5.32 Å². The van der Waals surface area contributed by atoms with Gasteiger partial charge in [0.25, 0.3) is 5.91 Å². The van der Waals surface area contributed by atoms with Gasteiger partial charge in [0.15, 0.2) is 0 Å². The molecule has 0 aliphatic heterocycles. The number of carbonyl (C=O) groups excluding carboxylic acids is 2. The van der Waals surface area contributed by atoms with Crippen molar-refractivity contribution in [2.75, 3.05) is 45.8 Å². The van der Waals surface area contributed by atoms with Crippen LogP contribution in [0.25, 0.3) is 0 Å². The van der Waals surface area contributed by atoms with Gasteiger partial charge >= 0.3 is 0 Å². The van der Waals surface area contributed by atoms with Gasteiger partial charge in [-0.25, -0.2) is 0 Å². The van der Waals surface area contributed by atoms with Crippen LogP contribution in [0.5, 0.6) is 0 Å². The summed E-state index contributed by atoms with van der Waals surface area (Å²) in [5.74, 6) is -0.155. The predicted octanol–water partition coefficient (Wildman–Crippen LogP) is 2.39. The zero-order valence-electron chi connectivity index (χ0n) is 17.8. The molecule has 2 amide bonds. The van der Waals surface area contributed by atoms with Gasteiger partial charge in [-0.1, -0.05) is 42.0 Å². The first-order valence-electron chi connectivity index (χ1n) is 9.74. The molecule has 0 aliphatic rings. The molecule has 1 N–H and O–H groups in total. The average molecular weight is 398 g/mol. The van der Waals surface area contributed by atoms with Crippen molar-refractivity contribution in [3.05, 3.63) is 65.2 Å². The number of ether oxygens (including phenoxy) is 1. The Morgan fingerprint density at radius 1 is 1.03 bits per heavy atom. The van der Waals surface area contributed by atoms with E-state index in [-0.39, 0.29) is 24.8 Å². The molecule has 0 aliphatic carbocycles. The number of anilines is 1. The number of aryl methyl sites for hydroxylation is 1. The summed E-state index contributed by atoms with van der Waals surface area (Å²) in [5.41, 5.74) is 3.83. The Balaban J connectivity index is 2.13. The molecule has 29 heavy (non-hydrogen) atoms. The lowest BCUT2D eigenvalue weighted by Gasteiger charge is -2.23. The molecule has 0 aromatic heterocycles. The van der Waals surface area contributed by atoms with Crippen LogP contribution in [0.3, 0.4) is 0 Å². The minimum atomic E-state index is -0.124. The summed E-state index contributed by atoms with van der Waals surface area (Å²) in [6, 6.07) is 15.7. The lowest BCUT2D eigenvalue weighted by Crippen LogP contribution is -2.34.